The first-order chi connectivity index (χ1) is 15.3. The zero-order valence-electron chi connectivity index (χ0n) is 18.7. The number of likely N-dealkylation sites (tertiary alicyclic amines) is 1. The first-order valence-electron chi connectivity index (χ1n) is 11.7. The number of allylic oxidation sites excluding steroid dienone is 1. The summed E-state index contributed by atoms with van der Waals surface area (Å²) in [6.45, 7) is 7.26. The van der Waals surface area contributed by atoms with Crippen LogP contribution in [0, 0.1) is 6.92 Å². The molecule has 0 atom stereocenters. The fourth-order valence-corrected chi connectivity index (χ4v) is 4.28. The van der Waals surface area contributed by atoms with Gasteiger partial charge in [-0.15, -0.1) is 0 Å². The van der Waals surface area contributed by atoms with E-state index >= 15 is 0 Å². The molecular weight excluding hydrogens is 382 g/mol. The summed E-state index contributed by atoms with van der Waals surface area (Å²) in [5, 5.41) is 3.51. The minimum absolute atomic E-state index is 0.533. The number of pyridine rings is 1. The number of benzene rings is 1. The molecule has 2 aliphatic rings. The predicted molar refractivity (Wildman–Crippen MR) is 128 cm³/mol. The molecule has 3 heterocycles. The maximum Gasteiger partial charge on any atom is 0.0708 e. The Morgan fingerprint density at radius 3 is 2.65 bits per heavy atom. The largest absolute Gasteiger partial charge is 0.388 e. The van der Waals surface area contributed by atoms with Crippen molar-refractivity contribution in [2.45, 2.75) is 45.1 Å². The van der Waals surface area contributed by atoms with Crippen molar-refractivity contribution in [3.05, 3.63) is 83.3 Å². The summed E-state index contributed by atoms with van der Waals surface area (Å²) in [6.07, 6.45) is 12.3. The molecule has 4 heteroatoms. The van der Waals surface area contributed by atoms with Crippen molar-refractivity contribution >= 4 is 5.57 Å². The molecular formula is C27H35N3O. The van der Waals surface area contributed by atoms with E-state index in [1.54, 1.807) is 0 Å². The summed E-state index contributed by atoms with van der Waals surface area (Å²) in [6, 6.07) is 15.7. The Kier molecular flexibility index (Phi) is 7.92. The van der Waals surface area contributed by atoms with Gasteiger partial charge in [0.1, 0.15) is 0 Å². The number of hydrogen-bond acceptors (Lipinski definition) is 4. The average molecular weight is 418 g/mol. The lowest BCUT2D eigenvalue weighted by Crippen LogP contribution is -2.31. The molecule has 164 valence electrons. The van der Waals surface area contributed by atoms with Gasteiger partial charge < -0.3 is 10.1 Å². The third kappa shape index (κ3) is 6.52. The molecule has 4 rings (SSSR count). The number of aromatic nitrogens is 1. The number of rotatable bonds is 8. The second-order valence-electron chi connectivity index (χ2n) is 8.67. The Balaban J connectivity index is 1.46. The Morgan fingerprint density at radius 1 is 1.10 bits per heavy atom. The zero-order chi connectivity index (χ0) is 21.3. The van der Waals surface area contributed by atoms with Crippen LogP contribution in [0.1, 0.15) is 48.2 Å². The predicted octanol–water partition coefficient (Wildman–Crippen LogP) is 4.74. The second-order valence-corrected chi connectivity index (χ2v) is 8.67. The first kappa shape index (κ1) is 21.8. The van der Waals surface area contributed by atoms with Crippen LogP contribution < -0.4 is 5.32 Å². The van der Waals surface area contributed by atoms with Gasteiger partial charge in [-0.25, -0.2) is 0 Å². The van der Waals surface area contributed by atoms with Crippen LogP contribution in [0.2, 0.25) is 0 Å². The van der Waals surface area contributed by atoms with Crippen LogP contribution in [0.25, 0.3) is 5.57 Å². The Labute approximate surface area is 187 Å². The quantitative estimate of drug-likeness (QED) is 0.673. The second kappa shape index (κ2) is 11.3. The zero-order valence-corrected chi connectivity index (χ0v) is 18.7. The van der Waals surface area contributed by atoms with Crippen molar-refractivity contribution in [2.24, 2.45) is 0 Å². The molecule has 0 aliphatic carbocycles. The molecule has 0 bridgehead atoms. The van der Waals surface area contributed by atoms with Gasteiger partial charge in [0.2, 0.25) is 0 Å². The lowest BCUT2D eigenvalue weighted by molar-refractivity contribution is 0.0812. The summed E-state index contributed by atoms with van der Waals surface area (Å²) < 4.78 is 5.42. The molecule has 4 nitrogen and oxygen atoms in total. The lowest BCUT2D eigenvalue weighted by atomic mass is 10.00. The maximum atomic E-state index is 5.42. The summed E-state index contributed by atoms with van der Waals surface area (Å²) in [5.41, 5.74) is 5.92. The highest BCUT2D eigenvalue weighted by Gasteiger charge is 2.13. The van der Waals surface area contributed by atoms with E-state index in [1.165, 1.54) is 42.6 Å². The highest BCUT2D eigenvalue weighted by atomic mass is 16.5. The standard InChI is InChI=1S/C27H35N3O/c1-22-9-11-23(12-10-22)26(13-19-30-17-2-3-18-30)27-8-4-6-25(29-27)7-5-16-28-24-14-20-31-21-15-24/h4-6,8-13,16,24,28H,2-3,7,14-15,17-21H2,1H3. The van der Waals surface area contributed by atoms with Crippen LogP contribution >= 0.6 is 0 Å². The van der Waals surface area contributed by atoms with Gasteiger partial charge in [-0.3, -0.25) is 9.88 Å². The van der Waals surface area contributed by atoms with Crippen LogP contribution in [0.3, 0.4) is 0 Å². The monoisotopic (exact) mass is 417 g/mol. The van der Waals surface area contributed by atoms with Crippen molar-refractivity contribution in [1.29, 1.82) is 0 Å². The molecule has 0 unspecified atom stereocenters. The van der Waals surface area contributed by atoms with Crippen molar-refractivity contribution < 1.29 is 4.74 Å². The van der Waals surface area contributed by atoms with E-state index in [-0.39, 0.29) is 0 Å². The van der Waals surface area contributed by atoms with Crippen molar-refractivity contribution in [3.63, 3.8) is 0 Å². The van der Waals surface area contributed by atoms with E-state index in [9.17, 15) is 0 Å². The van der Waals surface area contributed by atoms with Gasteiger partial charge in [-0.05, 0) is 69.6 Å². The summed E-state index contributed by atoms with van der Waals surface area (Å²) >= 11 is 0. The van der Waals surface area contributed by atoms with Crippen LogP contribution in [0.5, 0.6) is 0 Å². The number of aryl methyl sites for hydroxylation is 1. The van der Waals surface area contributed by atoms with Crippen LogP contribution in [0.15, 0.2) is 60.8 Å². The van der Waals surface area contributed by atoms with E-state index in [4.69, 9.17) is 9.72 Å². The molecule has 2 aromatic rings. The number of nitrogens with one attached hydrogen (secondary N) is 1. The lowest BCUT2D eigenvalue weighted by Gasteiger charge is -2.22. The molecule has 2 saturated heterocycles. The summed E-state index contributed by atoms with van der Waals surface area (Å²) in [4.78, 5) is 7.55. The minimum atomic E-state index is 0.533. The highest BCUT2D eigenvalue weighted by molar-refractivity contribution is 5.78. The fourth-order valence-electron chi connectivity index (χ4n) is 4.28. The molecule has 2 fully saturated rings. The van der Waals surface area contributed by atoms with E-state index < -0.39 is 0 Å². The number of hydrogen-bond donors (Lipinski definition) is 1. The van der Waals surface area contributed by atoms with Gasteiger partial charge in [0.15, 0.2) is 0 Å². The van der Waals surface area contributed by atoms with Crippen molar-refractivity contribution in [3.8, 4) is 0 Å². The normalized spacial score (nSPS) is 18.7. The molecule has 2 aliphatic heterocycles. The van der Waals surface area contributed by atoms with Crippen molar-refractivity contribution in [2.75, 3.05) is 32.8 Å². The van der Waals surface area contributed by atoms with Gasteiger partial charge >= 0.3 is 0 Å². The highest BCUT2D eigenvalue weighted by Crippen LogP contribution is 2.23. The van der Waals surface area contributed by atoms with Crippen LogP contribution in [-0.2, 0) is 11.2 Å². The van der Waals surface area contributed by atoms with Gasteiger partial charge in [0, 0.05) is 43.5 Å². The Morgan fingerprint density at radius 2 is 1.87 bits per heavy atom. The molecule has 1 aromatic heterocycles. The SMILES string of the molecule is Cc1ccc(C(=CCN2CCCC2)c2cccc(CC=CNC3CCOCC3)n2)cc1. The molecule has 1 N–H and O–H groups in total. The molecule has 0 amide bonds. The topological polar surface area (TPSA) is 37.4 Å². The minimum Gasteiger partial charge on any atom is -0.388 e. The maximum absolute atomic E-state index is 5.42. The van der Waals surface area contributed by atoms with Crippen molar-refractivity contribution in [1.82, 2.24) is 15.2 Å². The smallest absolute Gasteiger partial charge is 0.0708 e. The van der Waals surface area contributed by atoms with E-state index in [1.807, 2.05) is 0 Å². The molecule has 0 saturated carbocycles. The van der Waals surface area contributed by atoms with Gasteiger partial charge in [0.05, 0.1) is 5.69 Å². The third-order valence-corrected chi connectivity index (χ3v) is 6.20. The van der Waals surface area contributed by atoms with E-state index in [2.05, 4.69) is 78.0 Å². The van der Waals surface area contributed by atoms with E-state index in [0.717, 1.165) is 50.4 Å². The molecule has 1 aromatic carbocycles. The number of nitrogens with zero attached hydrogens (tertiary/aromatic N) is 2. The molecule has 0 spiro atoms. The Bertz CT molecular complexity index is 876. The van der Waals surface area contributed by atoms with Gasteiger partial charge in [0.25, 0.3) is 0 Å². The number of ether oxygens (including phenoxy) is 1. The Hall–Kier alpha value is -2.43. The van der Waals surface area contributed by atoms with Crippen LogP contribution in [0.4, 0.5) is 0 Å². The van der Waals surface area contributed by atoms with Gasteiger partial charge in [-0.2, -0.15) is 0 Å². The first-order valence-corrected chi connectivity index (χ1v) is 11.7. The third-order valence-electron chi connectivity index (χ3n) is 6.20. The summed E-state index contributed by atoms with van der Waals surface area (Å²) in [5.74, 6) is 0. The fraction of sp³-hybridized carbons (Fsp3) is 0.444. The van der Waals surface area contributed by atoms with Crippen LogP contribution in [-0.4, -0.2) is 48.8 Å². The molecule has 0 radical (unpaired) electrons. The molecule has 31 heavy (non-hydrogen) atoms. The average Bonchev–Trinajstić information content (AvgIpc) is 3.33. The van der Waals surface area contributed by atoms with Gasteiger partial charge in [-0.1, -0.05) is 48.0 Å². The summed E-state index contributed by atoms with van der Waals surface area (Å²) in [7, 11) is 0. The van der Waals surface area contributed by atoms with E-state index in [0.29, 0.717) is 6.04 Å².